The van der Waals surface area contributed by atoms with E-state index in [-0.39, 0.29) is 25.4 Å². The number of rotatable bonds is 20. The van der Waals surface area contributed by atoms with Crippen LogP contribution >= 0.6 is 0 Å². The zero-order valence-corrected chi connectivity index (χ0v) is 40.5. The van der Waals surface area contributed by atoms with Crippen molar-refractivity contribution < 1.29 is 52.5 Å². The van der Waals surface area contributed by atoms with Gasteiger partial charge in [0.15, 0.2) is 0 Å². The van der Waals surface area contributed by atoms with Crippen molar-refractivity contribution in [3.63, 3.8) is 0 Å². The van der Waals surface area contributed by atoms with Crippen LogP contribution in [0.4, 0.5) is 14.4 Å². The summed E-state index contributed by atoms with van der Waals surface area (Å²) < 4.78 is 26.9. The van der Waals surface area contributed by atoms with Gasteiger partial charge in [-0.3, -0.25) is 29.7 Å². The second kappa shape index (κ2) is 24.9. The molecule has 1 heterocycles. The van der Waals surface area contributed by atoms with E-state index in [1.54, 1.807) is 66.7 Å². The molecule has 0 radical (unpaired) electrons. The Labute approximate surface area is 388 Å². The molecule has 4 amide bonds. The maximum atomic E-state index is 14.4. The van der Waals surface area contributed by atoms with Gasteiger partial charge in [-0.25, -0.2) is 19.4 Å². The van der Waals surface area contributed by atoms with E-state index in [1.165, 1.54) is 26.2 Å². The van der Waals surface area contributed by atoms with Gasteiger partial charge in [0.2, 0.25) is 12.2 Å². The summed E-state index contributed by atoms with van der Waals surface area (Å²) in [5.74, 6) is -2.00. The number of ether oxygens (including phenoxy) is 5. The summed E-state index contributed by atoms with van der Waals surface area (Å²) in [5.41, 5.74) is 4.31. The van der Waals surface area contributed by atoms with Gasteiger partial charge in [0, 0.05) is 25.2 Å². The van der Waals surface area contributed by atoms with Crippen LogP contribution in [0.2, 0.25) is 0 Å². The quantitative estimate of drug-likeness (QED) is 0.0453. The highest BCUT2D eigenvalue weighted by Gasteiger charge is 2.39. The van der Waals surface area contributed by atoms with Crippen LogP contribution in [0, 0.1) is 16.7 Å². The predicted octanol–water partition coefficient (Wildman–Crippen LogP) is 5.85. The minimum Gasteiger partial charge on any atom is -0.453 e. The van der Waals surface area contributed by atoms with E-state index in [1.807, 2.05) is 86.6 Å². The summed E-state index contributed by atoms with van der Waals surface area (Å²) in [6.07, 6.45) is -3.86. The highest BCUT2D eigenvalue weighted by atomic mass is 16.8. The van der Waals surface area contributed by atoms with Gasteiger partial charge < -0.3 is 39.6 Å². The van der Waals surface area contributed by atoms with Gasteiger partial charge in [0.1, 0.15) is 24.2 Å². The number of amides is 4. The van der Waals surface area contributed by atoms with Gasteiger partial charge in [-0.2, -0.15) is 0 Å². The minimum absolute atomic E-state index is 0.0217. The largest absolute Gasteiger partial charge is 0.511 e. The summed E-state index contributed by atoms with van der Waals surface area (Å²) in [7, 11) is 5.84. The number of nitrogens with one attached hydrogen (secondary N) is 4. The molecule has 0 aliphatic rings. The van der Waals surface area contributed by atoms with Crippen molar-refractivity contribution >= 4 is 36.1 Å². The molecule has 0 aliphatic carbocycles. The fraction of sp³-hybridized carbons (Fsp3) is 0.521. The standard InChI is InChI=1S/C48H69N7O11/c1-30(2)38(54(10)11)43(58)64-31(3)65-46(61)66-37(36(27-32-19-15-14-16-20-32)50-41(56)39(47(4,5)6)51-44(59)62-12)29-55(53-42(57)40(48(7,8)9)52-45(60)63-13)28-33-22-24-34(25-23-33)35-21-17-18-26-49-35/h14-26,30-31,36-40H,27-29H2,1-13H3,(H,50,56)(H,51,59)(H,52,60)(H,53,57)/t31?,36-,37-,38-,39+,40+/m0/s1. The van der Waals surface area contributed by atoms with Gasteiger partial charge in [-0.1, -0.05) is 116 Å². The molecule has 0 fully saturated rings. The third-order valence-corrected chi connectivity index (χ3v) is 10.4. The van der Waals surface area contributed by atoms with E-state index in [9.17, 15) is 28.8 Å². The smallest absolute Gasteiger partial charge is 0.453 e. The van der Waals surface area contributed by atoms with Crippen molar-refractivity contribution in [3.05, 3.63) is 90.1 Å². The van der Waals surface area contributed by atoms with Crippen LogP contribution in [0.1, 0.15) is 73.4 Å². The number of carbonyl (C=O) groups is 6. The summed E-state index contributed by atoms with van der Waals surface area (Å²) in [6.45, 7) is 15.4. The lowest BCUT2D eigenvalue weighted by Crippen LogP contribution is -2.61. The summed E-state index contributed by atoms with van der Waals surface area (Å²) in [6, 6.07) is 18.2. The Morgan fingerprint density at radius 3 is 1.73 bits per heavy atom. The molecule has 2 aromatic carbocycles. The highest BCUT2D eigenvalue weighted by molar-refractivity contribution is 5.87. The third kappa shape index (κ3) is 17.3. The third-order valence-electron chi connectivity index (χ3n) is 10.4. The van der Waals surface area contributed by atoms with Crippen molar-refractivity contribution in [3.8, 4) is 11.3 Å². The minimum atomic E-state index is -1.39. The summed E-state index contributed by atoms with van der Waals surface area (Å²) >= 11 is 0. The zero-order valence-electron chi connectivity index (χ0n) is 40.5. The van der Waals surface area contributed by atoms with Crippen molar-refractivity contribution in [1.29, 1.82) is 0 Å². The molecular weight excluding hydrogens is 851 g/mol. The van der Waals surface area contributed by atoms with Crippen LogP contribution < -0.4 is 21.4 Å². The second-order valence-electron chi connectivity index (χ2n) is 18.6. The number of hydrogen-bond acceptors (Lipinski definition) is 14. The molecule has 0 bridgehead atoms. The van der Waals surface area contributed by atoms with Crippen molar-refractivity contribution in [2.45, 2.75) is 112 Å². The lowest BCUT2D eigenvalue weighted by molar-refractivity contribution is -0.176. The molecule has 66 heavy (non-hydrogen) atoms. The van der Waals surface area contributed by atoms with E-state index in [0.717, 1.165) is 16.8 Å². The Balaban J connectivity index is 2.18. The van der Waals surface area contributed by atoms with E-state index < -0.39 is 83.5 Å². The number of pyridine rings is 1. The van der Waals surface area contributed by atoms with Crippen LogP contribution in [0.25, 0.3) is 11.3 Å². The molecule has 0 spiro atoms. The summed E-state index contributed by atoms with van der Waals surface area (Å²) in [5, 5.41) is 9.74. The number of hydrazine groups is 1. The van der Waals surface area contributed by atoms with Crippen molar-refractivity contribution in [2.75, 3.05) is 34.9 Å². The molecule has 3 rings (SSSR count). The molecule has 1 aromatic heterocycles. The molecule has 0 saturated carbocycles. The van der Waals surface area contributed by atoms with Gasteiger partial charge >= 0.3 is 24.3 Å². The van der Waals surface area contributed by atoms with Crippen molar-refractivity contribution in [1.82, 2.24) is 36.3 Å². The fourth-order valence-corrected chi connectivity index (χ4v) is 7.11. The average Bonchev–Trinajstić information content (AvgIpc) is 3.23. The van der Waals surface area contributed by atoms with Gasteiger partial charge in [-0.05, 0) is 60.5 Å². The van der Waals surface area contributed by atoms with Gasteiger partial charge in [0.25, 0.3) is 5.91 Å². The van der Waals surface area contributed by atoms with Crippen molar-refractivity contribution in [2.24, 2.45) is 16.7 Å². The number of likely N-dealkylation sites (N-methyl/N-ethyl adjacent to an activating group) is 1. The van der Waals surface area contributed by atoms with Crippen LogP contribution in [-0.4, -0.2) is 122 Å². The van der Waals surface area contributed by atoms with Crippen LogP contribution in [0.5, 0.6) is 0 Å². The molecular formula is C48H69N7O11. The first kappa shape index (κ1) is 54.1. The second-order valence-corrected chi connectivity index (χ2v) is 18.6. The Kier molecular flexibility index (Phi) is 20.4. The number of hydrogen-bond donors (Lipinski definition) is 4. The number of aromatic nitrogens is 1. The zero-order chi connectivity index (χ0) is 49.4. The van der Waals surface area contributed by atoms with Gasteiger partial charge in [-0.15, -0.1) is 0 Å². The SMILES string of the molecule is COC(=O)N[C@H](C(=O)N[C@@H](Cc1ccccc1)[C@H](CN(Cc1ccc(-c2ccccn2)cc1)NC(=O)[C@@H](NC(=O)OC)C(C)(C)C)OC(=O)OC(C)OC(=O)[C@H](C(C)C)N(C)C)C(C)(C)C. The number of methoxy groups -OCH3 is 2. The topological polar surface area (TPSA) is 216 Å². The Morgan fingerprint density at radius 2 is 1.23 bits per heavy atom. The maximum Gasteiger partial charge on any atom is 0.511 e. The Morgan fingerprint density at radius 1 is 0.667 bits per heavy atom. The molecule has 18 heteroatoms. The van der Waals surface area contributed by atoms with E-state index >= 15 is 0 Å². The molecule has 0 saturated heterocycles. The summed E-state index contributed by atoms with van der Waals surface area (Å²) in [4.78, 5) is 87.0. The Hall–Kier alpha value is -6.27. The number of alkyl carbamates (subject to hydrolysis) is 2. The van der Waals surface area contributed by atoms with Gasteiger partial charge in [0.05, 0.1) is 32.5 Å². The van der Waals surface area contributed by atoms with E-state index in [0.29, 0.717) is 5.56 Å². The van der Waals surface area contributed by atoms with Crippen LogP contribution in [-0.2, 0) is 51.0 Å². The monoisotopic (exact) mass is 920 g/mol. The van der Waals surface area contributed by atoms with E-state index in [4.69, 9.17) is 23.7 Å². The fourth-order valence-electron chi connectivity index (χ4n) is 7.11. The number of benzene rings is 2. The lowest BCUT2D eigenvalue weighted by atomic mass is 9.85. The first-order valence-corrected chi connectivity index (χ1v) is 21.8. The number of carbonyl (C=O) groups excluding carboxylic acids is 6. The average molecular weight is 920 g/mol. The molecule has 4 N–H and O–H groups in total. The maximum absolute atomic E-state index is 14.4. The molecule has 18 nitrogen and oxygen atoms in total. The normalized spacial score (nSPS) is 14.4. The van der Waals surface area contributed by atoms with E-state index in [2.05, 4.69) is 26.4 Å². The number of nitrogens with zero attached hydrogens (tertiary/aromatic N) is 3. The lowest BCUT2D eigenvalue weighted by Gasteiger charge is -2.37. The molecule has 0 aliphatic heterocycles. The van der Waals surface area contributed by atoms with Crippen LogP contribution in [0.3, 0.4) is 0 Å². The molecule has 3 aromatic rings. The first-order chi connectivity index (χ1) is 30.9. The number of esters is 1. The molecule has 1 unspecified atom stereocenters. The highest BCUT2D eigenvalue weighted by Crippen LogP contribution is 2.24. The Bertz CT molecular complexity index is 2030. The predicted molar refractivity (Wildman–Crippen MR) is 247 cm³/mol. The van der Waals surface area contributed by atoms with Crippen LogP contribution in [0.15, 0.2) is 79.0 Å². The molecule has 6 atom stereocenters. The molecule has 362 valence electrons. The first-order valence-electron chi connectivity index (χ1n) is 21.8.